The molecule has 0 saturated heterocycles. The number of methoxy groups -OCH3 is 1. The molecular weight excluding hydrogens is 372 g/mol. The predicted molar refractivity (Wildman–Crippen MR) is 97.1 cm³/mol. The summed E-state index contributed by atoms with van der Waals surface area (Å²) in [5.41, 5.74) is 0.152. The number of imidazole rings is 1. The minimum absolute atomic E-state index is 0.0854. The standard InChI is InChI=1S/C21H14F4N2O/c1-28-18-10-4-9-17-20(18)26-21(19-15(24)7-3-8-16(19)25)27(17)11-12-13(22)5-2-6-14(12)23/h2-10H,11H2,1H3. The molecule has 0 aliphatic heterocycles. The average Bonchev–Trinajstić information content (AvgIpc) is 3.03. The van der Waals surface area contributed by atoms with Gasteiger partial charge >= 0.3 is 0 Å². The molecule has 0 unspecified atom stereocenters. The van der Waals surface area contributed by atoms with Crippen LogP contribution < -0.4 is 4.74 Å². The average molecular weight is 386 g/mol. The minimum Gasteiger partial charge on any atom is -0.494 e. The van der Waals surface area contributed by atoms with E-state index in [9.17, 15) is 17.6 Å². The third-order valence-corrected chi connectivity index (χ3v) is 4.53. The quantitative estimate of drug-likeness (QED) is 0.444. The van der Waals surface area contributed by atoms with Crippen molar-refractivity contribution in [2.45, 2.75) is 6.54 Å². The van der Waals surface area contributed by atoms with Gasteiger partial charge in [-0.15, -0.1) is 0 Å². The fourth-order valence-corrected chi connectivity index (χ4v) is 3.19. The summed E-state index contributed by atoms with van der Waals surface area (Å²) >= 11 is 0. The zero-order valence-corrected chi connectivity index (χ0v) is 14.7. The molecule has 0 spiro atoms. The van der Waals surface area contributed by atoms with Crippen LogP contribution in [0.2, 0.25) is 0 Å². The third kappa shape index (κ3) is 2.89. The Balaban J connectivity index is 2.03. The van der Waals surface area contributed by atoms with E-state index in [0.29, 0.717) is 16.8 Å². The van der Waals surface area contributed by atoms with Crippen LogP contribution in [0.5, 0.6) is 5.75 Å². The number of para-hydroxylation sites is 1. The molecule has 0 atom stereocenters. The van der Waals surface area contributed by atoms with E-state index in [1.54, 1.807) is 18.2 Å². The highest BCUT2D eigenvalue weighted by Crippen LogP contribution is 2.34. The number of ether oxygens (including phenoxy) is 1. The van der Waals surface area contributed by atoms with Crippen LogP contribution in [-0.2, 0) is 6.54 Å². The highest BCUT2D eigenvalue weighted by molar-refractivity contribution is 5.86. The molecule has 0 N–H and O–H groups in total. The van der Waals surface area contributed by atoms with Gasteiger partial charge in [-0.05, 0) is 36.4 Å². The highest BCUT2D eigenvalue weighted by Gasteiger charge is 2.23. The van der Waals surface area contributed by atoms with Crippen molar-refractivity contribution in [1.82, 2.24) is 9.55 Å². The second-order valence-corrected chi connectivity index (χ2v) is 6.15. The summed E-state index contributed by atoms with van der Waals surface area (Å²) in [6.45, 7) is -0.300. The van der Waals surface area contributed by atoms with Crippen molar-refractivity contribution in [3.63, 3.8) is 0 Å². The molecule has 1 aromatic heterocycles. The number of rotatable bonds is 4. The topological polar surface area (TPSA) is 27.1 Å². The Hall–Kier alpha value is -3.35. The number of fused-ring (bicyclic) bond motifs is 1. The normalized spacial score (nSPS) is 11.2. The van der Waals surface area contributed by atoms with Gasteiger partial charge in [0.1, 0.15) is 40.4 Å². The summed E-state index contributed by atoms with van der Waals surface area (Å²) in [5, 5.41) is 0. The molecule has 3 nitrogen and oxygen atoms in total. The molecule has 0 aliphatic carbocycles. The van der Waals surface area contributed by atoms with Crippen LogP contribution in [0.1, 0.15) is 5.56 Å². The zero-order chi connectivity index (χ0) is 19.8. The van der Waals surface area contributed by atoms with Crippen LogP contribution in [0.4, 0.5) is 17.6 Å². The number of benzene rings is 3. The number of aromatic nitrogens is 2. The van der Waals surface area contributed by atoms with E-state index in [2.05, 4.69) is 4.98 Å². The Morgan fingerprint density at radius 2 is 1.39 bits per heavy atom. The maximum atomic E-state index is 14.5. The van der Waals surface area contributed by atoms with Crippen LogP contribution in [-0.4, -0.2) is 16.7 Å². The van der Waals surface area contributed by atoms with Gasteiger partial charge in [0.05, 0.1) is 24.7 Å². The summed E-state index contributed by atoms with van der Waals surface area (Å²) < 4.78 is 64.0. The summed E-state index contributed by atoms with van der Waals surface area (Å²) in [5.74, 6) is -2.88. The molecule has 0 aliphatic rings. The molecule has 0 fully saturated rings. The van der Waals surface area contributed by atoms with Crippen LogP contribution in [0.15, 0.2) is 54.6 Å². The SMILES string of the molecule is COc1cccc2c1nc(-c1c(F)cccc1F)n2Cc1c(F)cccc1F. The second kappa shape index (κ2) is 6.99. The van der Waals surface area contributed by atoms with Gasteiger partial charge in [0.25, 0.3) is 0 Å². The molecule has 28 heavy (non-hydrogen) atoms. The van der Waals surface area contributed by atoms with Crippen molar-refractivity contribution in [2.24, 2.45) is 0 Å². The van der Waals surface area contributed by atoms with E-state index in [1.807, 2.05) is 0 Å². The van der Waals surface area contributed by atoms with Crippen LogP contribution in [0, 0.1) is 23.3 Å². The fourth-order valence-electron chi connectivity index (χ4n) is 3.19. The summed E-state index contributed by atoms with van der Waals surface area (Å²) in [6.07, 6.45) is 0. The maximum Gasteiger partial charge on any atom is 0.147 e. The Labute approximate surface area is 157 Å². The third-order valence-electron chi connectivity index (χ3n) is 4.53. The first-order chi connectivity index (χ1) is 13.5. The van der Waals surface area contributed by atoms with Crippen LogP contribution in [0.25, 0.3) is 22.4 Å². The van der Waals surface area contributed by atoms with Gasteiger partial charge in [0.15, 0.2) is 0 Å². The molecule has 3 aromatic carbocycles. The van der Waals surface area contributed by atoms with Gasteiger partial charge in [-0.25, -0.2) is 22.5 Å². The first-order valence-corrected chi connectivity index (χ1v) is 8.41. The van der Waals surface area contributed by atoms with E-state index in [0.717, 1.165) is 24.3 Å². The Bertz CT molecular complexity index is 1150. The van der Waals surface area contributed by atoms with E-state index < -0.39 is 23.3 Å². The lowest BCUT2D eigenvalue weighted by Gasteiger charge is -2.12. The zero-order valence-electron chi connectivity index (χ0n) is 14.7. The molecule has 4 rings (SSSR count). The molecule has 0 bridgehead atoms. The lowest BCUT2D eigenvalue weighted by atomic mass is 10.1. The summed E-state index contributed by atoms with van der Waals surface area (Å²) in [4.78, 5) is 4.34. The van der Waals surface area contributed by atoms with Gasteiger partial charge in [-0.1, -0.05) is 18.2 Å². The first kappa shape index (κ1) is 18.0. The van der Waals surface area contributed by atoms with E-state index >= 15 is 0 Å². The monoisotopic (exact) mass is 386 g/mol. The fraction of sp³-hybridized carbons (Fsp3) is 0.0952. The minimum atomic E-state index is -0.829. The Kier molecular flexibility index (Phi) is 4.50. The summed E-state index contributed by atoms with van der Waals surface area (Å²) in [7, 11) is 1.44. The molecule has 4 aromatic rings. The van der Waals surface area contributed by atoms with Gasteiger partial charge in [0.2, 0.25) is 0 Å². The predicted octanol–water partition coefficient (Wildman–Crippen LogP) is 5.32. The second-order valence-electron chi connectivity index (χ2n) is 6.15. The molecule has 142 valence electrons. The van der Waals surface area contributed by atoms with E-state index in [4.69, 9.17) is 4.74 Å². The van der Waals surface area contributed by atoms with Crippen molar-refractivity contribution >= 4 is 11.0 Å². The van der Waals surface area contributed by atoms with Crippen molar-refractivity contribution < 1.29 is 22.3 Å². The number of hydrogen-bond donors (Lipinski definition) is 0. The van der Waals surface area contributed by atoms with Gasteiger partial charge in [-0.3, -0.25) is 0 Å². The van der Waals surface area contributed by atoms with Crippen molar-refractivity contribution in [1.29, 1.82) is 0 Å². The van der Waals surface area contributed by atoms with Crippen molar-refractivity contribution in [3.8, 4) is 17.1 Å². The molecular formula is C21H14F4N2O. The van der Waals surface area contributed by atoms with E-state index in [1.165, 1.54) is 23.8 Å². The molecule has 0 radical (unpaired) electrons. The Morgan fingerprint density at radius 1 is 0.821 bits per heavy atom. The van der Waals surface area contributed by atoms with Gasteiger partial charge in [-0.2, -0.15) is 0 Å². The smallest absolute Gasteiger partial charge is 0.147 e. The van der Waals surface area contributed by atoms with Gasteiger partial charge < -0.3 is 9.30 Å². The lowest BCUT2D eigenvalue weighted by Crippen LogP contribution is -2.08. The molecule has 0 amide bonds. The summed E-state index contributed by atoms with van der Waals surface area (Å²) in [6, 6.07) is 11.9. The molecule has 0 saturated carbocycles. The number of halogens is 4. The first-order valence-electron chi connectivity index (χ1n) is 8.41. The molecule has 7 heteroatoms. The largest absolute Gasteiger partial charge is 0.494 e. The number of hydrogen-bond acceptors (Lipinski definition) is 2. The van der Waals surface area contributed by atoms with Crippen LogP contribution >= 0.6 is 0 Å². The maximum absolute atomic E-state index is 14.5. The Morgan fingerprint density at radius 3 is 2.00 bits per heavy atom. The highest BCUT2D eigenvalue weighted by atomic mass is 19.1. The number of nitrogens with zero attached hydrogens (tertiary/aromatic N) is 2. The van der Waals surface area contributed by atoms with Crippen molar-refractivity contribution in [3.05, 3.63) is 83.4 Å². The van der Waals surface area contributed by atoms with Crippen molar-refractivity contribution in [2.75, 3.05) is 7.11 Å². The molecule has 1 heterocycles. The van der Waals surface area contributed by atoms with E-state index in [-0.39, 0.29) is 23.5 Å². The lowest BCUT2D eigenvalue weighted by molar-refractivity contribution is 0.419. The van der Waals surface area contributed by atoms with Gasteiger partial charge in [0, 0.05) is 5.56 Å². The van der Waals surface area contributed by atoms with Crippen LogP contribution in [0.3, 0.4) is 0 Å².